The highest BCUT2D eigenvalue weighted by atomic mass is 79.9. The second-order valence-electron chi connectivity index (χ2n) is 3.24. The van der Waals surface area contributed by atoms with Gasteiger partial charge in [0.2, 0.25) is 5.96 Å². The van der Waals surface area contributed by atoms with Crippen molar-refractivity contribution in [1.82, 2.24) is 15.3 Å². The number of nitrogens with two attached hydrogens (primary N) is 1. The molecule has 88 valence electrons. The van der Waals surface area contributed by atoms with Gasteiger partial charge in [0.1, 0.15) is 0 Å². The first-order chi connectivity index (χ1) is 8.19. The molecular weight excluding hydrogens is 286 g/mol. The van der Waals surface area contributed by atoms with Gasteiger partial charge < -0.3 is 5.73 Å². The average molecular weight is 296 g/mol. The highest BCUT2D eigenvalue weighted by Crippen LogP contribution is 2.16. The summed E-state index contributed by atoms with van der Waals surface area (Å²) in [6, 6.07) is 7.30. The molecule has 17 heavy (non-hydrogen) atoms. The molecule has 0 aliphatic rings. The summed E-state index contributed by atoms with van der Waals surface area (Å²) in [6.07, 6.45) is 3.01. The van der Waals surface area contributed by atoms with E-state index in [-0.39, 0.29) is 5.96 Å². The van der Waals surface area contributed by atoms with Gasteiger partial charge >= 0.3 is 0 Å². The van der Waals surface area contributed by atoms with Crippen molar-refractivity contribution >= 4 is 33.3 Å². The van der Waals surface area contributed by atoms with E-state index in [1.807, 2.05) is 17.6 Å². The molecule has 7 heteroatoms. The van der Waals surface area contributed by atoms with Gasteiger partial charge in [-0.2, -0.15) is 5.10 Å². The molecule has 0 saturated carbocycles. The summed E-state index contributed by atoms with van der Waals surface area (Å²) >= 11 is 3.33. The minimum Gasteiger partial charge on any atom is -0.396 e. The third-order valence-corrected chi connectivity index (χ3v) is 2.51. The van der Waals surface area contributed by atoms with E-state index in [9.17, 15) is 0 Å². The van der Waals surface area contributed by atoms with Gasteiger partial charge in [-0.1, -0.05) is 15.9 Å². The number of hydroxylamine groups is 1. The lowest BCUT2D eigenvalue weighted by molar-refractivity contribution is 0.229. The fraction of sp³-hybridized carbons (Fsp3) is 0. The minimum absolute atomic E-state index is 0.170. The summed E-state index contributed by atoms with van der Waals surface area (Å²) in [7, 11) is 0. The number of hydrogen-bond acceptors (Lipinski definition) is 4. The van der Waals surface area contributed by atoms with Crippen molar-refractivity contribution in [2.45, 2.75) is 0 Å². The van der Waals surface area contributed by atoms with Crippen molar-refractivity contribution in [1.29, 1.82) is 0 Å². The van der Waals surface area contributed by atoms with E-state index < -0.39 is 0 Å². The monoisotopic (exact) mass is 295 g/mol. The Hall–Kier alpha value is -1.86. The Morgan fingerprint density at radius 2 is 2.12 bits per heavy atom. The number of halogens is 1. The van der Waals surface area contributed by atoms with Crippen LogP contribution in [0.5, 0.6) is 0 Å². The zero-order valence-electron chi connectivity index (χ0n) is 8.71. The molecular formula is C10H10BrN5O. The first-order valence-corrected chi connectivity index (χ1v) is 5.53. The van der Waals surface area contributed by atoms with Crippen LogP contribution in [0.1, 0.15) is 0 Å². The van der Waals surface area contributed by atoms with E-state index in [1.165, 1.54) is 10.9 Å². The highest BCUT2D eigenvalue weighted by Gasteiger charge is 2.03. The normalized spacial score (nSPS) is 11.5. The van der Waals surface area contributed by atoms with Crippen LogP contribution in [0.4, 0.5) is 11.4 Å². The van der Waals surface area contributed by atoms with Crippen molar-refractivity contribution in [2.75, 3.05) is 5.73 Å². The molecule has 0 bridgehead atoms. The lowest BCUT2D eigenvalue weighted by Crippen LogP contribution is -2.27. The zero-order valence-corrected chi connectivity index (χ0v) is 10.3. The van der Waals surface area contributed by atoms with E-state index in [1.54, 1.807) is 18.3 Å². The topological polar surface area (TPSA) is 88.5 Å². The molecule has 0 radical (unpaired) electrons. The van der Waals surface area contributed by atoms with Crippen LogP contribution in [0.15, 0.2) is 46.1 Å². The van der Waals surface area contributed by atoms with Crippen LogP contribution >= 0.6 is 15.9 Å². The van der Waals surface area contributed by atoms with Crippen LogP contribution in [0.25, 0.3) is 0 Å². The smallest absolute Gasteiger partial charge is 0.248 e. The van der Waals surface area contributed by atoms with Gasteiger partial charge in [0, 0.05) is 4.47 Å². The van der Waals surface area contributed by atoms with Crippen LogP contribution in [0.3, 0.4) is 0 Å². The lowest BCUT2D eigenvalue weighted by atomic mass is 10.3. The molecule has 0 unspecified atom stereocenters. The zero-order chi connectivity index (χ0) is 12.3. The molecule has 4 N–H and O–H groups in total. The fourth-order valence-electron chi connectivity index (χ4n) is 1.22. The molecule has 0 fully saturated rings. The number of nitrogens with zero attached hydrogens (tertiary/aromatic N) is 3. The van der Waals surface area contributed by atoms with Crippen molar-refractivity contribution < 1.29 is 5.21 Å². The lowest BCUT2D eigenvalue weighted by Gasteiger charge is -2.03. The minimum atomic E-state index is 0.170. The van der Waals surface area contributed by atoms with Crippen molar-refractivity contribution in [3.63, 3.8) is 0 Å². The Morgan fingerprint density at radius 3 is 2.65 bits per heavy atom. The molecule has 0 aliphatic heterocycles. The van der Waals surface area contributed by atoms with E-state index in [0.717, 1.165) is 4.47 Å². The Bertz CT molecular complexity index is 534. The molecule has 0 saturated heterocycles. The van der Waals surface area contributed by atoms with Gasteiger partial charge in [0.05, 0.1) is 23.8 Å². The summed E-state index contributed by atoms with van der Waals surface area (Å²) in [5.74, 6) is 0.170. The second kappa shape index (κ2) is 4.98. The molecule has 0 amide bonds. The average Bonchev–Trinajstić information content (AvgIpc) is 2.75. The van der Waals surface area contributed by atoms with E-state index in [0.29, 0.717) is 11.4 Å². The Kier molecular flexibility index (Phi) is 3.40. The number of benzene rings is 1. The van der Waals surface area contributed by atoms with Gasteiger partial charge in [-0.3, -0.25) is 5.21 Å². The summed E-state index contributed by atoms with van der Waals surface area (Å²) in [5.41, 5.74) is 8.68. The largest absolute Gasteiger partial charge is 0.396 e. The van der Waals surface area contributed by atoms with E-state index >= 15 is 0 Å². The second-order valence-corrected chi connectivity index (χ2v) is 4.16. The summed E-state index contributed by atoms with van der Waals surface area (Å²) in [4.78, 5) is 4.18. The van der Waals surface area contributed by atoms with Crippen LogP contribution in [-0.4, -0.2) is 20.9 Å². The Balaban J connectivity index is 2.32. The van der Waals surface area contributed by atoms with Crippen LogP contribution in [-0.2, 0) is 0 Å². The van der Waals surface area contributed by atoms with Crippen LogP contribution < -0.4 is 11.2 Å². The SMILES string of the molecule is Nc1cnn(C(=Nc2ccc(Br)cc2)NO)c1. The number of hydrogen-bond donors (Lipinski definition) is 3. The number of rotatable bonds is 1. The first-order valence-electron chi connectivity index (χ1n) is 4.74. The molecule has 1 aromatic carbocycles. The maximum atomic E-state index is 9.01. The Labute approximate surface area is 106 Å². The van der Waals surface area contributed by atoms with E-state index in [2.05, 4.69) is 26.0 Å². The summed E-state index contributed by atoms with van der Waals surface area (Å²) in [6.45, 7) is 0. The van der Waals surface area contributed by atoms with E-state index in [4.69, 9.17) is 10.9 Å². The molecule has 2 rings (SSSR count). The third kappa shape index (κ3) is 2.83. The molecule has 1 aromatic heterocycles. The standard InChI is InChI=1S/C10H10BrN5O/c11-7-1-3-9(4-2-7)14-10(15-17)16-6-8(12)5-13-16/h1-6,17H,12H2,(H,14,15). The van der Waals surface area contributed by atoms with Crippen molar-refractivity contribution in [2.24, 2.45) is 4.99 Å². The third-order valence-electron chi connectivity index (χ3n) is 1.98. The first kappa shape index (κ1) is 11.6. The van der Waals surface area contributed by atoms with Gasteiger partial charge in [-0.05, 0) is 24.3 Å². The predicted molar refractivity (Wildman–Crippen MR) is 68.2 cm³/mol. The molecule has 6 nitrogen and oxygen atoms in total. The quantitative estimate of drug-likeness (QED) is 0.425. The molecule has 0 spiro atoms. The fourth-order valence-corrected chi connectivity index (χ4v) is 1.48. The van der Waals surface area contributed by atoms with Gasteiger partial charge in [0.25, 0.3) is 0 Å². The summed E-state index contributed by atoms with van der Waals surface area (Å²) in [5, 5.41) is 12.9. The number of nitrogen functional groups attached to an aromatic ring is 1. The Morgan fingerprint density at radius 1 is 1.41 bits per heavy atom. The van der Waals surface area contributed by atoms with Gasteiger partial charge in [-0.25, -0.2) is 15.2 Å². The molecule has 0 aliphatic carbocycles. The molecule has 0 atom stereocenters. The molecule has 1 heterocycles. The number of nitrogens with one attached hydrogen (secondary N) is 1. The molecule has 2 aromatic rings. The van der Waals surface area contributed by atoms with Crippen molar-refractivity contribution in [3.8, 4) is 0 Å². The highest BCUT2D eigenvalue weighted by molar-refractivity contribution is 9.10. The van der Waals surface area contributed by atoms with Gasteiger partial charge in [0.15, 0.2) is 0 Å². The number of aromatic nitrogens is 2. The van der Waals surface area contributed by atoms with Crippen molar-refractivity contribution in [3.05, 3.63) is 41.1 Å². The van der Waals surface area contributed by atoms with Gasteiger partial charge in [-0.15, -0.1) is 0 Å². The summed E-state index contributed by atoms with van der Waals surface area (Å²) < 4.78 is 2.30. The van der Waals surface area contributed by atoms with Crippen LogP contribution in [0.2, 0.25) is 0 Å². The number of anilines is 1. The maximum Gasteiger partial charge on any atom is 0.248 e. The number of aliphatic imine (C=N–C) groups is 1. The van der Waals surface area contributed by atoms with Crippen LogP contribution in [0, 0.1) is 0 Å². The maximum absolute atomic E-state index is 9.01. The predicted octanol–water partition coefficient (Wildman–Crippen LogP) is 1.74.